The summed E-state index contributed by atoms with van der Waals surface area (Å²) in [7, 11) is 3.91. The topological polar surface area (TPSA) is 29.9 Å². The van der Waals surface area contributed by atoms with Gasteiger partial charge >= 0.3 is 0 Å². The third-order valence-electron chi connectivity index (χ3n) is 2.60. The molecule has 0 fully saturated rings. The summed E-state index contributed by atoms with van der Waals surface area (Å²) in [6.07, 6.45) is 3.92. The molecule has 0 atom stereocenters. The number of rotatable bonds is 4. The summed E-state index contributed by atoms with van der Waals surface area (Å²) in [5.41, 5.74) is 2.68. The monoisotopic (exact) mass is 247 g/mol. The molecule has 0 aliphatic rings. The number of aromatic nitrogens is 2. The molecule has 1 heterocycles. The molecule has 0 bridgehead atoms. The van der Waals surface area contributed by atoms with Crippen molar-refractivity contribution in [3.05, 3.63) is 41.7 Å². The van der Waals surface area contributed by atoms with Crippen molar-refractivity contribution in [1.82, 2.24) is 15.1 Å². The van der Waals surface area contributed by atoms with Gasteiger partial charge in [-0.15, -0.1) is 0 Å². The van der Waals surface area contributed by atoms with Gasteiger partial charge in [-0.1, -0.05) is 17.8 Å². The van der Waals surface area contributed by atoms with Crippen LogP contribution in [0.1, 0.15) is 11.1 Å². The molecule has 0 aliphatic heterocycles. The van der Waals surface area contributed by atoms with E-state index in [0.717, 1.165) is 6.54 Å². The second-order valence-electron chi connectivity index (χ2n) is 4.07. The van der Waals surface area contributed by atoms with E-state index in [4.69, 9.17) is 0 Å². The molecular formula is C13H17N3S. The van der Waals surface area contributed by atoms with Gasteiger partial charge in [0.25, 0.3) is 0 Å². The molecule has 0 saturated heterocycles. The lowest BCUT2D eigenvalue weighted by atomic mass is 10.1. The second kappa shape index (κ2) is 5.38. The number of benzene rings is 1. The largest absolute Gasteiger partial charge is 0.316 e. The molecule has 3 nitrogen and oxygen atoms in total. The lowest BCUT2D eigenvalue weighted by molar-refractivity contribution is 0.766. The average molecular weight is 247 g/mol. The smallest absolute Gasteiger partial charge is 0.0629 e. The first-order valence-corrected chi connectivity index (χ1v) is 6.41. The van der Waals surface area contributed by atoms with E-state index in [1.54, 1.807) is 11.8 Å². The molecule has 0 saturated carbocycles. The van der Waals surface area contributed by atoms with E-state index in [0.29, 0.717) is 0 Å². The Morgan fingerprint density at radius 3 is 2.76 bits per heavy atom. The Bertz CT molecular complexity index is 505. The molecule has 0 amide bonds. The molecule has 1 aromatic carbocycles. The Balaban J connectivity index is 2.14. The van der Waals surface area contributed by atoms with Crippen molar-refractivity contribution < 1.29 is 0 Å². The van der Waals surface area contributed by atoms with Gasteiger partial charge in [-0.2, -0.15) is 5.10 Å². The van der Waals surface area contributed by atoms with Crippen molar-refractivity contribution in [2.75, 3.05) is 7.05 Å². The molecule has 4 heteroatoms. The van der Waals surface area contributed by atoms with Crippen LogP contribution in [-0.4, -0.2) is 16.8 Å². The van der Waals surface area contributed by atoms with Crippen molar-refractivity contribution in [3.63, 3.8) is 0 Å². The number of aryl methyl sites for hydroxylation is 2. The number of nitrogens with zero attached hydrogens (tertiary/aromatic N) is 2. The third-order valence-corrected chi connectivity index (χ3v) is 3.53. The molecule has 1 N–H and O–H groups in total. The first kappa shape index (κ1) is 12.2. The summed E-state index contributed by atoms with van der Waals surface area (Å²) in [4.78, 5) is 2.43. The molecule has 2 aromatic rings. The van der Waals surface area contributed by atoms with Gasteiger partial charge in [0.15, 0.2) is 0 Å². The minimum absolute atomic E-state index is 0.920. The van der Waals surface area contributed by atoms with Crippen molar-refractivity contribution in [1.29, 1.82) is 0 Å². The van der Waals surface area contributed by atoms with Gasteiger partial charge in [-0.3, -0.25) is 4.68 Å². The maximum atomic E-state index is 4.17. The summed E-state index contributed by atoms with van der Waals surface area (Å²) in [6.45, 7) is 3.07. The fourth-order valence-electron chi connectivity index (χ4n) is 1.71. The molecule has 1 aromatic heterocycles. The molecule has 0 unspecified atom stereocenters. The van der Waals surface area contributed by atoms with Gasteiger partial charge in [0, 0.05) is 24.7 Å². The van der Waals surface area contributed by atoms with Gasteiger partial charge in [-0.05, 0) is 37.2 Å². The maximum absolute atomic E-state index is 4.17. The number of nitrogens with one attached hydrogen (secondary N) is 1. The number of hydrogen-bond donors (Lipinski definition) is 1. The molecule has 0 aliphatic carbocycles. The summed E-state index contributed by atoms with van der Waals surface area (Å²) in [6, 6.07) is 6.58. The van der Waals surface area contributed by atoms with Crippen molar-refractivity contribution in [2.24, 2.45) is 7.05 Å². The minimum Gasteiger partial charge on any atom is -0.316 e. The van der Waals surface area contributed by atoms with Crippen molar-refractivity contribution >= 4 is 11.8 Å². The van der Waals surface area contributed by atoms with Crippen LogP contribution in [0.15, 0.2) is 40.4 Å². The highest BCUT2D eigenvalue weighted by atomic mass is 32.2. The van der Waals surface area contributed by atoms with E-state index in [2.05, 4.69) is 35.5 Å². The third kappa shape index (κ3) is 3.11. The van der Waals surface area contributed by atoms with Crippen LogP contribution in [0.25, 0.3) is 0 Å². The summed E-state index contributed by atoms with van der Waals surface area (Å²) in [5.74, 6) is 0. The van der Waals surface area contributed by atoms with Crippen LogP contribution < -0.4 is 5.32 Å². The normalized spacial score (nSPS) is 10.8. The fourth-order valence-corrected chi connectivity index (χ4v) is 2.66. The summed E-state index contributed by atoms with van der Waals surface area (Å²) in [5, 5.41) is 7.35. The summed E-state index contributed by atoms with van der Waals surface area (Å²) < 4.78 is 1.82. The molecular weight excluding hydrogens is 230 g/mol. The summed E-state index contributed by atoms with van der Waals surface area (Å²) >= 11 is 1.75. The quantitative estimate of drug-likeness (QED) is 0.900. The SMILES string of the molecule is CNCc1ccc(Sc2cnn(C)c2)cc1C. The van der Waals surface area contributed by atoms with Crippen LogP contribution >= 0.6 is 11.8 Å². The van der Waals surface area contributed by atoms with Gasteiger partial charge in [0.05, 0.1) is 11.1 Å². The zero-order chi connectivity index (χ0) is 12.3. The van der Waals surface area contributed by atoms with Crippen molar-refractivity contribution in [2.45, 2.75) is 23.3 Å². The first-order valence-electron chi connectivity index (χ1n) is 5.59. The van der Waals surface area contributed by atoms with E-state index >= 15 is 0 Å². The van der Waals surface area contributed by atoms with Gasteiger partial charge in [0.2, 0.25) is 0 Å². The molecule has 2 rings (SSSR count). The number of hydrogen-bond acceptors (Lipinski definition) is 3. The van der Waals surface area contributed by atoms with Crippen LogP contribution in [0.2, 0.25) is 0 Å². The molecule has 90 valence electrons. The lowest BCUT2D eigenvalue weighted by Crippen LogP contribution is -2.06. The first-order chi connectivity index (χ1) is 8.19. The standard InChI is InChI=1S/C13H17N3S/c1-10-6-12(5-4-11(10)7-14-2)17-13-8-15-16(3)9-13/h4-6,8-9,14H,7H2,1-3H3. The zero-order valence-electron chi connectivity index (χ0n) is 10.4. The second-order valence-corrected chi connectivity index (χ2v) is 5.22. The Morgan fingerprint density at radius 2 is 2.18 bits per heavy atom. The maximum Gasteiger partial charge on any atom is 0.0629 e. The van der Waals surface area contributed by atoms with Gasteiger partial charge < -0.3 is 5.32 Å². The molecule has 0 radical (unpaired) electrons. The highest BCUT2D eigenvalue weighted by Crippen LogP contribution is 2.28. The van der Waals surface area contributed by atoms with E-state index < -0.39 is 0 Å². The zero-order valence-corrected chi connectivity index (χ0v) is 11.2. The molecule has 17 heavy (non-hydrogen) atoms. The van der Waals surface area contributed by atoms with Gasteiger partial charge in [0.1, 0.15) is 0 Å². The Kier molecular flexibility index (Phi) is 3.86. The van der Waals surface area contributed by atoms with Crippen LogP contribution in [0.5, 0.6) is 0 Å². The highest BCUT2D eigenvalue weighted by Gasteiger charge is 2.02. The van der Waals surface area contributed by atoms with Crippen molar-refractivity contribution in [3.8, 4) is 0 Å². The van der Waals surface area contributed by atoms with E-state index in [-0.39, 0.29) is 0 Å². The van der Waals surface area contributed by atoms with Crippen LogP contribution in [0, 0.1) is 6.92 Å². The predicted molar refractivity (Wildman–Crippen MR) is 71.3 cm³/mol. The van der Waals surface area contributed by atoms with E-state index in [1.807, 2.05) is 31.2 Å². The van der Waals surface area contributed by atoms with E-state index in [1.165, 1.54) is 20.9 Å². The average Bonchev–Trinajstić information content (AvgIpc) is 2.68. The van der Waals surface area contributed by atoms with Crippen LogP contribution in [-0.2, 0) is 13.6 Å². The molecule has 0 spiro atoms. The van der Waals surface area contributed by atoms with Crippen LogP contribution in [0.4, 0.5) is 0 Å². The predicted octanol–water partition coefficient (Wildman–Crippen LogP) is 2.60. The Labute approximate surface area is 106 Å². The Morgan fingerprint density at radius 1 is 1.35 bits per heavy atom. The lowest BCUT2D eigenvalue weighted by Gasteiger charge is -2.07. The van der Waals surface area contributed by atoms with Crippen LogP contribution in [0.3, 0.4) is 0 Å². The Hall–Kier alpha value is -1.26. The highest BCUT2D eigenvalue weighted by molar-refractivity contribution is 7.99. The van der Waals surface area contributed by atoms with E-state index in [9.17, 15) is 0 Å². The fraction of sp³-hybridized carbons (Fsp3) is 0.308. The minimum atomic E-state index is 0.920. The van der Waals surface area contributed by atoms with Gasteiger partial charge in [-0.25, -0.2) is 0 Å².